The molecule has 2 nitrogen and oxygen atoms in total. The number of ether oxygens (including phenoxy) is 1. The Hall–Kier alpha value is -0.0800. The second-order valence-electron chi connectivity index (χ2n) is 6.28. The van der Waals surface area contributed by atoms with Gasteiger partial charge in [-0.15, -0.1) is 0 Å². The van der Waals surface area contributed by atoms with Crippen LogP contribution in [0.5, 0.6) is 0 Å². The van der Waals surface area contributed by atoms with Crippen molar-refractivity contribution < 1.29 is 4.74 Å². The van der Waals surface area contributed by atoms with Crippen LogP contribution < -0.4 is 5.32 Å². The van der Waals surface area contributed by atoms with E-state index in [1.807, 2.05) is 0 Å². The Morgan fingerprint density at radius 3 is 2.24 bits per heavy atom. The molecular formula is C15H33NO. The summed E-state index contributed by atoms with van der Waals surface area (Å²) in [5.74, 6) is 1.46. The lowest BCUT2D eigenvalue weighted by Gasteiger charge is -2.34. The van der Waals surface area contributed by atoms with Crippen LogP contribution in [0.4, 0.5) is 0 Å². The highest BCUT2D eigenvalue weighted by Crippen LogP contribution is 2.32. The van der Waals surface area contributed by atoms with E-state index in [9.17, 15) is 0 Å². The van der Waals surface area contributed by atoms with Crippen LogP contribution in [0.2, 0.25) is 0 Å². The second-order valence-corrected chi connectivity index (χ2v) is 6.28. The predicted octanol–water partition coefficient (Wildman–Crippen LogP) is 3.71. The number of nitrogens with one attached hydrogen (secondary N) is 1. The van der Waals surface area contributed by atoms with Crippen LogP contribution in [0, 0.1) is 17.3 Å². The molecule has 1 N–H and O–H groups in total. The third-order valence-corrected chi connectivity index (χ3v) is 3.82. The van der Waals surface area contributed by atoms with E-state index < -0.39 is 0 Å². The molecule has 0 saturated heterocycles. The minimum absolute atomic E-state index is 0.419. The van der Waals surface area contributed by atoms with Crippen molar-refractivity contribution in [1.82, 2.24) is 5.32 Å². The highest BCUT2D eigenvalue weighted by Gasteiger charge is 2.27. The van der Waals surface area contributed by atoms with E-state index in [1.165, 1.54) is 19.3 Å². The van der Waals surface area contributed by atoms with Crippen LogP contribution in [0.3, 0.4) is 0 Å². The molecule has 0 heterocycles. The monoisotopic (exact) mass is 243 g/mol. The van der Waals surface area contributed by atoms with E-state index in [0.717, 1.165) is 31.5 Å². The molecule has 1 unspecified atom stereocenters. The molecule has 0 saturated carbocycles. The zero-order chi connectivity index (χ0) is 13.3. The van der Waals surface area contributed by atoms with Gasteiger partial charge < -0.3 is 10.1 Å². The molecule has 0 aromatic heterocycles. The van der Waals surface area contributed by atoms with Gasteiger partial charge in [0.05, 0.1) is 0 Å². The number of rotatable bonds is 10. The molecule has 0 aliphatic heterocycles. The summed E-state index contributed by atoms with van der Waals surface area (Å²) in [6.45, 7) is 14.8. The molecular weight excluding hydrogens is 210 g/mol. The fraction of sp³-hybridized carbons (Fsp3) is 1.00. The lowest BCUT2D eigenvalue weighted by molar-refractivity contribution is 0.160. The molecule has 0 radical (unpaired) electrons. The van der Waals surface area contributed by atoms with Gasteiger partial charge in [-0.2, -0.15) is 0 Å². The first-order valence-corrected chi connectivity index (χ1v) is 7.12. The van der Waals surface area contributed by atoms with Crippen molar-refractivity contribution in [2.45, 2.75) is 53.9 Å². The fourth-order valence-electron chi connectivity index (χ4n) is 2.00. The van der Waals surface area contributed by atoms with Crippen molar-refractivity contribution in [3.63, 3.8) is 0 Å². The Bertz CT molecular complexity index is 180. The van der Waals surface area contributed by atoms with Gasteiger partial charge in [0.2, 0.25) is 0 Å². The van der Waals surface area contributed by atoms with Crippen molar-refractivity contribution in [1.29, 1.82) is 0 Å². The Balaban J connectivity index is 3.98. The Kier molecular flexibility index (Phi) is 8.89. The SMILES string of the molecule is COCCCCC(C)(CNCC(C)C)C(C)C. The average Bonchev–Trinajstić information content (AvgIpc) is 2.23. The summed E-state index contributed by atoms with van der Waals surface area (Å²) in [5.41, 5.74) is 0.419. The summed E-state index contributed by atoms with van der Waals surface area (Å²) < 4.78 is 5.11. The van der Waals surface area contributed by atoms with E-state index in [-0.39, 0.29) is 0 Å². The molecule has 0 aromatic carbocycles. The largest absolute Gasteiger partial charge is 0.385 e. The van der Waals surface area contributed by atoms with Gasteiger partial charge >= 0.3 is 0 Å². The van der Waals surface area contributed by atoms with Crippen LogP contribution in [0.15, 0.2) is 0 Å². The normalized spacial score (nSPS) is 15.5. The van der Waals surface area contributed by atoms with Crippen molar-refractivity contribution in [2.75, 3.05) is 26.8 Å². The van der Waals surface area contributed by atoms with Crippen LogP contribution in [0.25, 0.3) is 0 Å². The third-order valence-electron chi connectivity index (χ3n) is 3.82. The lowest BCUT2D eigenvalue weighted by atomic mass is 9.75. The number of unbranched alkanes of at least 4 members (excludes halogenated alkanes) is 1. The summed E-state index contributed by atoms with van der Waals surface area (Å²) in [5, 5.41) is 3.62. The maximum atomic E-state index is 5.11. The zero-order valence-corrected chi connectivity index (χ0v) is 12.8. The van der Waals surface area contributed by atoms with Gasteiger partial charge in [0.1, 0.15) is 0 Å². The predicted molar refractivity (Wildman–Crippen MR) is 76.4 cm³/mol. The molecule has 1 atom stereocenters. The first-order chi connectivity index (χ1) is 7.92. The summed E-state index contributed by atoms with van der Waals surface area (Å²) in [4.78, 5) is 0. The molecule has 17 heavy (non-hydrogen) atoms. The van der Waals surface area contributed by atoms with Gasteiger partial charge in [0.15, 0.2) is 0 Å². The van der Waals surface area contributed by atoms with Gasteiger partial charge in [0, 0.05) is 20.3 Å². The summed E-state index contributed by atoms with van der Waals surface area (Å²) >= 11 is 0. The topological polar surface area (TPSA) is 21.3 Å². The Morgan fingerprint density at radius 2 is 1.76 bits per heavy atom. The molecule has 0 rings (SSSR count). The fourth-order valence-corrected chi connectivity index (χ4v) is 2.00. The summed E-state index contributed by atoms with van der Waals surface area (Å²) in [6.07, 6.45) is 3.74. The van der Waals surface area contributed by atoms with Crippen LogP contribution in [-0.2, 0) is 4.74 Å². The van der Waals surface area contributed by atoms with Gasteiger partial charge in [-0.05, 0) is 36.6 Å². The molecule has 0 bridgehead atoms. The smallest absolute Gasteiger partial charge is 0.0462 e. The first kappa shape index (κ1) is 16.9. The minimum atomic E-state index is 0.419. The van der Waals surface area contributed by atoms with Crippen LogP contribution >= 0.6 is 0 Å². The standard InChI is InChI=1S/C15H33NO/c1-13(2)11-16-12-15(5,14(3)4)9-7-8-10-17-6/h13-14,16H,7-12H2,1-6H3. The van der Waals surface area contributed by atoms with Gasteiger partial charge in [-0.25, -0.2) is 0 Å². The molecule has 0 amide bonds. The van der Waals surface area contributed by atoms with E-state index in [4.69, 9.17) is 4.74 Å². The van der Waals surface area contributed by atoms with E-state index in [1.54, 1.807) is 7.11 Å². The molecule has 2 heteroatoms. The maximum Gasteiger partial charge on any atom is 0.0462 e. The summed E-state index contributed by atoms with van der Waals surface area (Å²) in [7, 11) is 1.78. The molecule has 0 aromatic rings. The van der Waals surface area contributed by atoms with Gasteiger partial charge in [-0.1, -0.05) is 41.0 Å². The van der Waals surface area contributed by atoms with Crippen molar-refractivity contribution in [3.05, 3.63) is 0 Å². The minimum Gasteiger partial charge on any atom is -0.385 e. The van der Waals surface area contributed by atoms with E-state index >= 15 is 0 Å². The summed E-state index contributed by atoms with van der Waals surface area (Å²) in [6, 6.07) is 0. The zero-order valence-electron chi connectivity index (χ0n) is 12.8. The molecule has 0 fully saturated rings. The van der Waals surface area contributed by atoms with Crippen molar-refractivity contribution in [3.8, 4) is 0 Å². The number of methoxy groups -OCH3 is 1. The molecule has 104 valence electrons. The van der Waals surface area contributed by atoms with E-state index in [2.05, 4.69) is 39.9 Å². The Labute approximate surface area is 109 Å². The molecule has 0 aliphatic carbocycles. The maximum absolute atomic E-state index is 5.11. The lowest BCUT2D eigenvalue weighted by Crippen LogP contribution is -2.37. The third kappa shape index (κ3) is 7.77. The highest BCUT2D eigenvalue weighted by molar-refractivity contribution is 4.80. The number of hydrogen-bond donors (Lipinski definition) is 1. The van der Waals surface area contributed by atoms with Crippen LogP contribution in [-0.4, -0.2) is 26.8 Å². The van der Waals surface area contributed by atoms with Gasteiger partial charge in [0.25, 0.3) is 0 Å². The van der Waals surface area contributed by atoms with Crippen molar-refractivity contribution >= 4 is 0 Å². The first-order valence-electron chi connectivity index (χ1n) is 7.12. The van der Waals surface area contributed by atoms with Gasteiger partial charge in [-0.3, -0.25) is 0 Å². The highest BCUT2D eigenvalue weighted by atomic mass is 16.5. The Morgan fingerprint density at radius 1 is 1.12 bits per heavy atom. The quantitative estimate of drug-likeness (QED) is 0.591. The number of hydrogen-bond acceptors (Lipinski definition) is 2. The van der Waals surface area contributed by atoms with Crippen LogP contribution in [0.1, 0.15) is 53.9 Å². The van der Waals surface area contributed by atoms with Crippen molar-refractivity contribution in [2.24, 2.45) is 17.3 Å². The second kappa shape index (κ2) is 8.93. The molecule has 0 aliphatic rings. The molecule has 0 spiro atoms. The average molecular weight is 243 g/mol. The van der Waals surface area contributed by atoms with E-state index in [0.29, 0.717) is 5.41 Å².